The van der Waals surface area contributed by atoms with E-state index in [4.69, 9.17) is 0 Å². The van der Waals surface area contributed by atoms with Gasteiger partial charge in [-0.2, -0.15) is 0 Å². The van der Waals surface area contributed by atoms with Gasteiger partial charge in [0.15, 0.2) is 0 Å². The van der Waals surface area contributed by atoms with E-state index in [-0.39, 0.29) is 17.9 Å². The maximum absolute atomic E-state index is 12.4. The molecule has 2 rings (SSSR count). The van der Waals surface area contributed by atoms with Crippen LogP contribution in [0.1, 0.15) is 32.3 Å². The minimum Gasteiger partial charge on any atom is -0.356 e. The zero-order valence-corrected chi connectivity index (χ0v) is 14.3. The van der Waals surface area contributed by atoms with Crippen molar-refractivity contribution in [3.8, 4) is 0 Å². The van der Waals surface area contributed by atoms with Gasteiger partial charge in [0.1, 0.15) is 0 Å². The highest BCUT2D eigenvalue weighted by molar-refractivity contribution is 5.90. The molecule has 0 spiro atoms. The molecule has 1 aliphatic heterocycles. The Morgan fingerprint density at radius 3 is 2.74 bits per heavy atom. The average Bonchev–Trinajstić information content (AvgIpc) is 2.54. The highest BCUT2D eigenvalue weighted by Crippen LogP contribution is 2.19. The lowest BCUT2D eigenvalue weighted by molar-refractivity contribution is -0.124. The van der Waals surface area contributed by atoms with Crippen LogP contribution in [0.3, 0.4) is 0 Å². The molecule has 0 aliphatic carbocycles. The van der Waals surface area contributed by atoms with Crippen molar-refractivity contribution in [2.75, 3.05) is 25.0 Å². The molecule has 1 heterocycles. The van der Waals surface area contributed by atoms with E-state index in [0.29, 0.717) is 19.0 Å². The minimum absolute atomic E-state index is 0.000881. The summed E-state index contributed by atoms with van der Waals surface area (Å²) in [7, 11) is 0. The first-order chi connectivity index (χ1) is 11.0. The lowest BCUT2D eigenvalue weighted by Gasteiger charge is -2.33. The molecule has 2 N–H and O–H groups in total. The summed E-state index contributed by atoms with van der Waals surface area (Å²) < 4.78 is 0. The fourth-order valence-electron chi connectivity index (χ4n) is 2.77. The molecule has 5 nitrogen and oxygen atoms in total. The summed E-state index contributed by atoms with van der Waals surface area (Å²) >= 11 is 0. The summed E-state index contributed by atoms with van der Waals surface area (Å²) in [5.41, 5.74) is 1.91. The molecule has 1 atom stereocenters. The van der Waals surface area contributed by atoms with E-state index in [9.17, 15) is 9.59 Å². The number of para-hydroxylation sites is 1. The van der Waals surface area contributed by atoms with Gasteiger partial charge in [-0.3, -0.25) is 4.79 Å². The Hall–Kier alpha value is -2.04. The maximum Gasteiger partial charge on any atom is 0.321 e. The first kappa shape index (κ1) is 17.3. The van der Waals surface area contributed by atoms with Crippen LogP contribution in [0.5, 0.6) is 0 Å². The van der Waals surface area contributed by atoms with E-state index in [0.717, 1.165) is 30.6 Å². The van der Waals surface area contributed by atoms with Gasteiger partial charge >= 0.3 is 6.03 Å². The van der Waals surface area contributed by atoms with Crippen LogP contribution in [0.2, 0.25) is 0 Å². The Morgan fingerprint density at radius 1 is 1.30 bits per heavy atom. The predicted octanol–water partition coefficient (Wildman–Crippen LogP) is 3.01. The predicted molar refractivity (Wildman–Crippen MR) is 92.3 cm³/mol. The summed E-state index contributed by atoms with van der Waals surface area (Å²) in [6.45, 7) is 7.86. The molecule has 1 aromatic rings. The van der Waals surface area contributed by atoms with Crippen LogP contribution in [-0.4, -0.2) is 36.5 Å². The Bertz CT molecular complexity index is 557. The second-order valence-corrected chi connectivity index (χ2v) is 6.60. The molecule has 1 aliphatic rings. The third-order valence-electron chi connectivity index (χ3n) is 4.28. The third-order valence-corrected chi connectivity index (χ3v) is 4.28. The van der Waals surface area contributed by atoms with Crippen LogP contribution in [0.25, 0.3) is 0 Å². The molecule has 1 aromatic carbocycles. The molecular weight excluding hydrogens is 290 g/mol. The molecule has 23 heavy (non-hydrogen) atoms. The zero-order valence-electron chi connectivity index (χ0n) is 14.3. The Morgan fingerprint density at radius 2 is 2.04 bits per heavy atom. The Balaban J connectivity index is 1.86. The number of anilines is 1. The standard InChI is InChI=1S/C18H27N3O2/c1-13(2)17(22)19-11-15-8-6-10-21(12-15)18(23)20-16-9-5-4-7-14(16)3/h4-5,7,9,13,15H,6,8,10-12H2,1-3H3,(H,19,22)(H,20,23)/t15-/m0/s1. The first-order valence-electron chi connectivity index (χ1n) is 8.36. The van der Waals surface area contributed by atoms with E-state index in [2.05, 4.69) is 10.6 Å². The van der Waals surface area contributed by atoms with Crippen LogP contribution in [-0.2, 0) is 4.79 Å². The molecule has 1 saturated heterocycles. The number of urea groups is 1. The number of aryl methyl sites for hydroxylation is 1. The summed E-state index contributed by atoms with van der Waals surface area (Å²) in [4.78, 5) is 26.0. The fourth-order valence-corrected chi connectivity index (χ4v) is 2.77. The second kappa shape index (κ2) is 7.99. The summed E-state index contributed by atoms with van der Waals surface area (Å²) in [5.74, 6) is 0.402. The maximum atomic E-state index is 12.4. The lowest BCUT2D eigenvalue weighted by atomic mass is 9.98. The van der Waals surface area contributed by atoms with Crippen LogP contribution in [0.4, 0.5) is 10.5 Å². The van der Waals surface area contributed by atoms with Crippen LogP contribution < -0.4 is 10.6 Å². The summed E-state index contributed by atoms with van der Waals surface area (Å²) in [5, 5.41) is 5.96. The van der Waals surface area contributed by atoms with Crippen molar-refractivity contribution in [1.82, 2.24) is 10.2 Å². The van der Waals surface area contributed by atoms with Crippen molar-refractivity contribution in [3.05, 3.63) is 29.8 Å². The SMILES string of the molecule is Cc1ccccc1NC(=O)N1CCC[C@@H](CNC(=O)C(C)C)C1. The third kappa shape index (κ3) is 4.98. The number of rotatable bonds is 4. The lowest BCUT2D eigenvalue weighted by Crippen LogP contribution is -2.45. The summed E-state index contributed by atoms with van der Waals surface area (Å²) in [6.07, 6.45) is 2.02. The van der Waals surface area contributed by atoms with Gasteiger partial charge in [0.2, 0.25) is 5.91 Å². The van der Waals surface area contributed by atoms with Gasteiger partial charge in [0.05, 0.1) is 0 Å². The monoisotopic (exact) mass is 317 g/mol. The van der Waals surface area contributed by atoms with Crippen LogP contribution >= 0.6 is 0 Å². The van der Waals surface area contributed by atoms with Crippen molar-refractivity contribution in [1.29, 1.82) is 0 Å². The van der Waals surface area contributed by atoms with E-state index in [1.54, 1.807) is 0 Å². The van der Waals surface area contributed by atoms with E-state index in [1.165, 1.54) is 0 Å². The molecule has 1 fully saturated rings. The zero-order chi connectivity index (χ0) is 16.8. The quantitative estimate of drug-likeness (QED) is 0.897. The number of nitrogens with zero attached hydrogens (tertiary/aromatic N) is 1. The van der Waals surface area contributed by atoms with E-state index >= 15 is 0 Å². The largest absolute Gasteiger partial charge is 0.356 e. The number of nitrogens with one attached hydrogen (secondary N) is 2. The average molecular weight is 317 g/mol. The molecule has 5 heteroatoms. The molecule has 0 bridgehead atoms. The highest BCUT2D eigenvalue weighted by atomic mass is 16.2. The summed E-state index contributed by atoms with van der Waals surface area (Å²) in [6, 6.07) is 7.72. The number of carbonyl (C=O) groups is 2. The molecular formula is C18H27N3O2. The molecule has 3 amide bonds. The molecule has 0 unspecified atom stereocenters. The molecule has 126 valence electrons. The number of likely N-dealkylation sites (tertiary alicyclic amines) is 1. The number of carbonyl (C=O) groups excluding carboxylic acids is 2. The number of benzene rings is 1. The van der Waals surface area contributed by atoms with E-state index < -0.39 is 0 Å². The number of hydrogen-bond donors (Lipinski definition) is 2. The smallest absolute Gasteiger partial charge is 0.321 e. The Kier molecular flexibility index (Phi) is 6.02. The van der Waals surface area contributed by atoms with Gasteiger partial charge in [-0.05, 0) is 37.3 Å². The van der Waals surface area contributed by atoms with E-state index in [1.807, 2.05) is 49.9 Å². The first-order valence-corrected chi connectivity index (χ1v) is 8.36. The highest BCUT2D eigenvalue weighted by Gasteiger charge is 2.24. The van der Waals surface area contributed by atoms with Gasteiger partial charge in [-0.1, -0.05) is 32.0 Å². The molecule has 0 aromatic heterocycles. The van der Waals surface area contributed by atoms with Crippen molar-refractivity contribution in [2.45, 2.75) is 33.6 Å². The van der Waals surface area contributed by atoms with Gasteiger partial charge in [0.25, 0.3) is 0 Å². The fraction of sp³-hybridized carbons (Fsp3) is 0.556. The number of amides is 3. The second-order valence-electron chi connectivity index (χ2n) is 6.60. The van der Waals surface area contributed by atoms with Crippen molar-refractivity contribution in [2.24, 2.45) is 11.8 Å². The number of piperidine rings is 1. The molecule has 0 saturated carbocycles. The number of hydrogen-bond acceptors (Lipinski definition) is 2. The van der Waals surface area contributed by atoms with Gasteiger partial charge < -0.3 is 15.5 Å². The normalized spacial score (nSPS) is 17.9. The van der Waals surface area contributed by atoms with Gasteiger partial charge in [0, 0.05) is 31.2 Å². The van der Waals surface area contributed by atoms with Gasteiger partial charge in [-0.25, -0.2) is 4.79 Å². The van der Waals surface area contributed by atoms with Crippen molar-refractivity contribution >= 4 is 17.6 Å². The van der Waals surface area contributed by atoms with Crippen LogP contribution in [0.15, 0.2) is 24.3 Å². The molecule has 0 radical (unpaired) electrons. The van der Waals surface area contributed by atoms with Crippen molar-refractivity contribution in [3.63, 3.8) is 0 Å². The van der Waals surface area contributed by atoms with Gasteiger partial charge in [-0.15, -0.1) is 0 Å². The minimum atomic E-state index is -0.0563. The van der Waals surface area contributed by atoms with Crippen molar-refractivity contribution < 1.29 is 9.59 Å². The van der Waals surface area contributed by atoms with Crippen LogP contribution in [0, 0.1) is 18.8 Å². The topological polar surface area (TPSA) is 61.4 Å². The Labute approximate surface area is 138 Å².